The Balaban J connectivity index is 2.19. The van der Waals surface area contributed by atoms with Crippen LogP contribution in [0.4, 0.5) is 5.69 Å². The average Bonchev–Trinajstić information content (AvgIpc) is 2.47. The summed E-state index contributed by atoms with van der Waals surface area (Å²) in [5.74, 6) is 1.32. The van der Waals surface area contributed by atoms with Gasteiger partial charge in [-0.25, -0.2) is 0 Å². The van der Waals surface area contributed by atoms with Crippen LogP contribution in [-0.4, -0.2) is 14.2 Å². The number of nitrogens with zero attached hydrogens (tertiary/aromatic N) is 1. The first kappa shape index (κ1) is 15.0. The molecule has 0 spiro atoms. The van der Waals surface area contributed by atoms with Crippen LogP contribution in [0, 0.1) is 0 Å². The van der Waals surface area contributed by atoms with Crippen LogP contribution in [-0.2, 0) is 12.4 Å². The van der Waals surface area contributed by atoms with E-state index >= 15 is 0 Å². The molecule has 2 nitrogen and oxygen atoms in total. The summed E-state index contributed by atoms with van der Waals surface area (Å²) in [4.78, 5) is 2.13. The lowest BCUT2D eigenvalue weighted by Crippen LogP contribution is -2.16. The van der Waals surface area contributed by atoms with Crippen LogP contribution in [0.25, 0.3) is 0 Å². The van der Waals surface area contributed by atoms with Crippen molar-refractivity contribution in [1.82, 2.24) is 0 Å². The molecule has 4 heteroatoms. The number of halogens is 2. The van der Waals surface area contributed by atoms with Crippen molar-refractivity contribution < 1.29 is 4.74 Å². The highest BCUT2D eigenvalue weighted by atomic mass is 35.5. The molecule has 0 saturated heterocycles. The molecule has 2 aromatic carbocycles. The molecule has 0 amide bonds. The van der Waals surface area contributed by atoms with Crippen LogP contribution in [0.15, 0.2) is 42.5 Å². The smallest absolute Gasteiger partial charge is 0.123 e. The highest BCUT2D eigenvalue weighted by molar-refractivity contribution is 6.32. The molecule has 2 aromatic rings. The van der Waals surface area contributed by atoms with Gasteiger partial charge in [-0.15, -0.1) is 11.6 Å². The second kappa shape index (κ2) is 6.87. The number of benzene rings is 2. The highest BCUT2D eigenvalue weighted by Gasteiger charge is 2.08. The Morgan fingerprint density at radius 3 is 2.50 bits per heavy atom. The Kier molecular flexibility index (Phi) is 5.16. The van der Waals surface area contributed by atoms with E-state index in [-0.39, 0.29) is 0 Å². The minimum atomic E-state index is 0.426. The van der Waals surface area contributed by atoms with Crippen molar-refractivity contribution in [3.8, 4) is 5.75 Å². The second-order valence-corrected chi connectivity index (χ2v) is 5.25. The lowest BCUT2D eigenvalue weighted by atomic mass is 10.1. The van der Waals surface area contributed by atoms with Gasteiger partial charge in [-0.3, -0.25) is 0 Å². The van der Waals surface area contributed by atoms with E-state index in [2.05, 4.69) is 11.0 Å². The first-order valence-corrected chi connectivity index (χ1v) is 7.24. The van der Waals surface area contributed by atoms with Gasteiger partial charge >= 0.3 is 0 Å². The largest absolute Gasteiger partial charge is 0.496 e. The third-order valence-corrected chi connectivity index (χ3v) is 3.86. The number of hydrogen-bond donors (Lipinski definition) is 0. The third-order valence-electron chi connectivity index (χ3n) is 3.22. The molecule has 0 aliphatic carbocycles. The van der Waals surface area contributed by atoms with Crippen LogP contribution in [0.5, 0.6) is 5.75 Å². The summed E-state index contributed by atoms with van der Waals surface area (Å²) in [6.07, 6.45) is 0. The number of para-hydroxylation sites is 1. The fourth-order valence-corrected chi connectivity index (χ4v) is 2.61. The molecule has 20 heavy (non-hydrogen) atoms. The molecule has 0 saturated carbocycles. The standard InChI is InChI=1S/C16H17Cl2NO/c1-19(11-13-5-3-4-6-16(13)20-2)14-8-7-12(10-17)15(18)9-14/h3-9H,10-11H2,1-2H3. The molecule has 106 valence electrons. The molecule has 0 aliphatic rings. The number of anilines is 1. The van der Waals surface area contributed by atoms with Crippen LogP contribution < -0.4 is 9.64 Å². The lowest BCUT2D eigenvalue weighted by molar-refractivity contribution is 0.409. The zero-order chi connectivity index (χ0) is 14.5. The molecule has 0 fully saturated rings. The molecule has 0 N–H and O–H groups in total. The molecule has 0 heterocycles. The van der Waals surface area contributed by atoms with Gasteiger partial charge in [0.15, 0.2) is 0 Å². The van der Waals surface area contributed by atoms with Crippen molar-refractivity contribution in [1.29, 1.82) is 0 Å². The minimum Gasteiger partial charge on any atom is -0.496 e. The molecule has 0 atom stereocenters. The molecule has 0 unspecified atom stereocenters. The summed E-state index contributed by atoms with van der Waals surface area (Å²) in [7, 11) is 3.71. The van der Waals surface area contributed by atoms with Crippen molar-refractivity contribution >= 4 is 28.9 Å². The fourth-order valence-electron chi connectivity index (χ4n) is 2.06. The Bertz CT molecular complexity index is 586. The lowest BCUT2D eigenvalue weighted by Gasteiger charge is -2.21. The van der Waals surface area contributed by atoms with Gasteiger partial charge in [0, 0.05) is 35.7 Å². The summed E-state index contributed by atoms with van der Waals surface area (Å²) in [5, 5.41) is 0.698. The first-order chi connectivity index (χ1) is 9.65. The van der Waals surface area contributed by atoms with E-state index in [1.54, 1.807) is 7.11 Å². The first-order valence-electron chi connectivity index (χ1n) is 6.33. The zero-order valence-electron chi connectivity index (χ0n) is 11.6. The van der Waals surface area contributed by atoms with Gasteiger partial charge in [-0.1, -0.05) is 35.9 Å². The van der Waals surface area contributed by atoms with E-state index in [1.807, 2.05) is 43.4 Å². The summed E-state index contributed by atoms with van der Waals surface area (Å²) >= 11 is 12.0. The predicted molar refractivity (Wildman–Crippen MR) is 86.1 cm³/mol. The van der Waals surface area contributed by atoms with Crippen molar-refractivity contribution in [2.24, 2.45) is 0 Å². The molecule has 0 aliphatic heterocycles. The number of ether oxygens (including phenoxy) is 1. The molecular formula is C16H17Cl2NO. The summed E-state index contributed by atoms with van der Waals surface area (Å²) in [6.45, 7) is 0.751. The second-order valence-electron chi connectivity index (χ2n) is 4.58. The normalized spacial score (nSPS) is 10.4. The van der Waals surface area contributed by atoms with Crippen molar-refractivity contribution in [3.63, 3.8) is 0 Å². The van der Waals surface area contributed by atoms with E-state index < -0.39 is 0 Å². The van der Waals surface area contributed by atoms with Crippen molar-refractivity contribution in [2.45, 2.75) is 12.4 Å². The maximum absolute atomic E-state index is 6.20. The SMILES string of the molecule is COc1ccccc1CN(C)c1ccc(CCl)c(Cl)c1. The summed E-state index contributed by atoms with van der Waals surface area (Å²) < 4.78 is 5.37. The van der Waals surface area contributed by atoms with Gasteiger partial charge in [-0.2, -0.15) is 0 Å². The Labute approximate surface area is 129 Å². The predicted octanol–water partition coefficient (Wildman–Crippen LogP) is 4.72. The van der Waals surface area contributed by atoms with Crippen LogP contribution in [0.2, 0.25) is 5.02 Å². The van der Waals surface area contributed by atoms with Gasteiger partial charge in [0.05, 0.1) is 7.11 Å². The zero-order valence-corrected chi connectivity index (χ0v) is 13.1. The maximum atomic E-state index is 6.20. The van der Waals surface area contributed by atoms with Crippen molar-refractivity contribution in [3.05, 3.63) is 58.6 Å². The molecule has 0 aromatic heterocycles. The number of rotatable bonds is 5. The van der Waals surface area contributed by atoms with Crippen molar-refractivity contribution in [2.75, 3.05) is 19.1 Å². The molecule has 0 bridgehead atoms. The number of methoxy groups -OCH3 is 1. The topological polar surface area (TPSA) is 12.5 Å². The van der Waals surface area contributed by atoms with Crippen LogP contribution in [0.3, 0.4) is 0 Å². The van der Waals surface area contributed by atoms with E-state index in [0.29, 0.717) is 10.9 Å². The van der Waals surface area contributed by atoms with E-state index in [4.69, 9.17) is 27.9 Å². The Morgan fingerprint density at radius 2 is 1.85 bits per heavy atom. The monoisotopic (exact) mass is 309 g/mol. The van der Waals surface area contributed by atoms with Gasteiger partial charge in [0.1, 0.15) is 5.75 Å². The molecular weight excluding hydrogens is 293 g/mol. The van der Waals surface area contributed by atoms with Crippen LogP contribution in [0.1, 0.15) is 11.1 Å². The Morgan fingerprint density at radius 1 is 1.10 bits per heavy atom. The highest BCUT2D eigenvalue weighted by Crippen LogP contribution is 2.26. The summed E-state index contributed by atoms with van der Waals surface area (Å²) in [5.41, 5.74) is 3.13. The minimum absolute atomic E-state index is 0.426. The number of hydrogen-bond acceptors (Lipinski definition) is 2. The summed E-state index contributed by atoms with van der Waals surface area (Å²) in [6, 6.07) is 13.9. The van der Waals surface area contributed by atoms with Gasteiger partial charge in [0.25, 0.3) is 0 Å². The van der Waals surface area contributed by atoms with Crippen LogP contribution >= 0.6 is 23.2 Å². The van der Waals surface area contributed by atoms with Gasteiger partial charge in [0.2, 0.25) is 0 Å². The van der Waals surface area contributed by atoms with Gasteiger partial charge < -0.3 is 9.64 Å². The van der Waals surface area contributed by atoms with Gasteiger partial charge in [-0.05, 0) is 23.8 Å². The van der Waals surface area contributed by atoms with E-state index in [1.165, 1.54) is 0 Å². The van der Waals surface area contributed by atoms with E-state index in [9.17, 15) is 0 Å². The molecule has 0 radical (unpaired) electrons. The number of alkyl halides is 1. The quantitative estimate of drug-likeness (QED) is 0.741. The average molecular weight is 310 g/mol. The molecule has 2 rings (SSSR count). The maximum Gasteiger partial charge on any atom is 0.123 e. The fraction of sp³-hybridized carbons (Fsp3) is 0.250. The van der Waals surface area contributed by atoms with E-state index in [0.717, 1.165) is 29.1 Å². The third kappa shape index (κ3) is 3.38. The Hall–Kier alpha value is -1.38.